The molecule has 0 spiro atoms. The van der Waals surface area contributed by atoms with E-state index in [0.717, 1.165) is 69.5 Å². The summed E-state index contributed by atoms with van der Waals surface area (Å²) in [6, 6.07) is 15.9. The molecule has 3 fully saturated rings. The fourth-order valence-corrected chi connectivity index (χ4v) is 5.07. The molecule has 170 valence electrons. The van der Waals surface area contributed by atoms with Gasteiger partial charge in [0.1, 0.15) is 5.82 Å². The van der Waals surface area contributed by atoms with Crippen molar-refractivity contribution in [3.63, 3.8) is 0 Å². The van der Waals surface area contributed by atoms with Crippen LogP contribution in [0.3, 0.4) is 0 Å². The van der Waals surface area contributed by atoms with Crippen LogP contribution in [0.2, 0.25) is 0 Å². The SMILES string of the molecule is O=C(CN1CCN(c2cccc(-c3ccc(F)cc3)c2)CC1)N1CCN(C2CCC2)CC1. The lowest BCUT2D eigenvalue weighted by molar-refractivity contribution is -0.134. The van der Waals surface area contributed by atoms with Crippen LogP contribution >= 0.6 is 0 Å². The monoisotopic (exact) mass is 436 g/mol. The molecule has 5 nitrogen and oxygen atoms in total. The summed E-state index contributed by atoms with van der Waals surface area (Å²) in [4.78, 5) is 22.1. The number of rotatable bonds is 5. The van der Waals surface area contributed by atoms with Crippen molar-refractivity contribution >= 4 is 11.6 Å². The predicted octanol–water partition coefficient (Wildman–Crippen LogP) is 3.31. The first-order valence-corrected chi connectivity index (χ1v) is 12.0. The summed E-state index contributed by atoms with van der Waals surface area (Å²) >= 11 is 0. The van der Waals surface area contributed by atoms with Crippen LogP contribution < -0.4 is 4.90 Å². The molecule has 2 saturated heterocycles. The van der Waals surface area contributed by atoms with Crippen LogP contribution in [0.4, 0.5) is 10.1 Å². The number of carbonyl (C=O) groups excluding carboxylic acids is 1. The van der Waals surface area contributed by atoms with Crippen molar-refractivity contribution in [1.29, 1.82) is 0 Å². The van der Waals surface area contributed by atoms with Gasteiger partial charge in [-0.05, 0) is 48.2 Å². The Labute approximate surface area is 190 Å². The van der Waals surface area contributed by atoms with Gasteiger partial charge in [0.25, 0.3) is 0 Å². The highest BCUT2D eigenvalue weighted by molar-refractivity contribution is 5.78. The second-order valence-corrected chi connectivity index (χ2v) is 9.32. The van der Waals surface area contributed by atoms with Gasteiger partial charge in [0, 0.05) is 64.1 Å². The molecule has 0 bridgehead atoms. The average Bonchev–Trinajstić information content (AvgIpc) is 2.79. The Morgan fingerprint density at radius 1 is 0.844 bits per heavy atom. The second-order valence-electron chi connectivity index (χ2n) is 9.32. The van der Waals surface area contributed by atoms with Crippen LogP contribution in [0.15, 0.2) is 48.5 Å². The average molecular weight is 437 g/mol. The highest BCUT2D eigenvalue weighted by Gasteiger charge is 2.30. The van der Waals surface area contributed by atoms with Crippen molar-refractivity contribution < 1.29 is 9.18 Å². The van der Waals surface area contributed by atoms with E-state index in [-0.39, 0.29) is 11.7 Å². The fourth-order valence-electron chi connectivity index (χ4n) is 5.07. The quantitative estimate of drug-likeness (QED) is 0.720. The van der Waals surface area contributed by atoms with Crippen LogP contribution in [0.25, 0.3) is 11.1 Å². The Balaban J connectivity index is 1.11. The van der Waals surface area contributed by atoms with Crippen LogP contribution in [-0.2, 0) is 4.79 Å². The molecule has 6 heteroatoms. The van der Waals surface area contributed by atoms with E-state index in [0.29, 0.717) is 6.54 Å². The summed E-state index contributed by atoms with van der Waals surface area (Å²) in [7, 11) is 0. The Kier molecular flexibility index (Phi) is 6.42. The largest absolute Gasteiger partial charge is 0.369 e. The summed E-state index contributed by atoms with van der Waals surface area (Å²) in [5.41, 5.74) is 3.31. The number of nitrogens with zero attached hydrogens (tertiary/aromatic N) is 4. The third kappa shape index (κ3) is 4.81. The van der Waals surface area contributed by atoms with E-state index in [2.05, 4.69) is 43.9 Å². The molecule has 3 aliphatic rings. The van der Waals surface area contributed by atoms with E-state index in [4.69, 9.17) is 0 Å². The molecular formula is C26H33FN4O. The number of piperazine rings is 2. The molecule has 2 heterocycles. The number of halogens is 1. The molecular weight excluding hydrogens is 403 g/mol. The first-order valence-electron chi connectivity index (χ1n) is 12.0. The highest BCUT2D eigenvalue weighted by Crippen LogP contribution is 2.27. The van der Waals surface area contributed by atoms with Gasteiger partial charge in [0.05, 0.1) is 6.54 Å². The van der Waals surface area contributed by atoms with Crippen molar-refractivity contribution in [2.24, 2.45) is 0 Å². The zero-order valence-electron chi connectivity index (χ0n) is 18.8. The Morgan fingerprint density at radius 3 is 2.22 bits per heavy atom. The smallest absolute Gasteiger partial charge is 0.236 e. The van der Waals surface area contributed by atoms with E-state index in [1.807, 2.05) is 12.1 Å². The summed E-state index contributed by atoms with van der Waals surface area (Å²) in [6.45, 7) is 7.99. The summed E-state index contributed by atoms with van der Waals surface area (Å²) < 4.78 is 13.2. The number of anilines is 1. The highest BCUT2D eigenvalue weighted by atomic mass is 19.1. The lowest BCUT2D eigenvalue weighted by Gasteiger charge is -2.43. The summed E-state index contributed by atoms with van der Waals surface area (Å²) in [5, 5.41) is 0. The lowest BCUT2D eigenvalue weighted by Crippen LogP contribution is -2.56. The molecule has 1 saturated carbocycles. The Bertz CT molecular complexity index is 914. The molecule has 1 amide bonds. The number of hydrogen-bond acceptors (Lipinski definition) is 4. The Morgan fingerprint density at radius 2 is 1.56 bits per heavy atom. The van der Waals surface area contributed by atoms with Gasteiger partial charge in [0.15, 0.2) is 0 Å². The summed E-state index contributed by atoms with van der Waals surface area (Å²) in [6.07, 6.45) is 4.04. The van der Waals surface area contributed by atoms with Crippen molar-refractivity contribution in [2.75, 3.05) is 63.8 Å². The molecule has 0 N–H and O–H groups in total. The van der Waals surface area contributed by atoms with Crippen molar-refractivity contribution in [1.82, 2.24) is 14.7 Å². The maximum Gasteiger partial charge on any atom is 0.236 e. The third-order valence-electron chi connectivity index (χ3n) is 7.38. The Hall–Kier alpha value is -2.44. The summed E-state index contributed by atoms with van der Waals surface area (Å²) in [5.74, 6) is 0.0702. The molecule has 5 rings (SSSR count). The molecule has 0 unspecified atom stereocenters. The second kappa shape index (κ2) is 9.59. The van der Waals surface area contributed by atoms with Gasteiger partial charge in [-0.3, -0.25) is 14.6 Å². The predicted molar refractivity (Wildman–Crippen MR) is 126 cm³/mol. The van der Waals surface area contributed by atoms with E-state index in [1.165, 1.54) is 37.1 Å². The molecule has 32 heavy (non-hydrogen) atoms. The van der Waals surface area contributed by atoms with Crippen LogP contribution in [-0.4, -0.2) is 85.6 Å². The molecule has 1 aliphatic carbocycles. The first kappa shape index (κ1) is 21.4. The third-order valence-corrected chi connectivity index (χ3v) is 7.38. The minimum atomic E-state index is -0.212. The molecule has 2 aliphatic heterocycles. The number of carbonyl (C=O) groups is 1. The van der Waals surface area contributed by atoms with Gasteiger partial charge in [0.2, 0.25) is 5.91 Å². The van der Waals surface area contributed by atoms with Gasteiger partial charge in [-0.1, -0.05) is 30.7 Å². The van der Waals surface area contributed by atoms with Gasteiger partial charge >= 0.3 is 0 Å². The normalized spacial score (nSPS) is 20.9. The molecule has 0 radical (unpaired) electrons. The number of hydrogen-bond donors (Lipinski definition) is 0. The maximum atomic E-state index is 13.2. The standard InChI is InChI=1S/C26H33FN4O/c27-23-9-7-21(8-10-23)22-3-1-6-25(19-22)30-13-11-28(12-14-30)20-26(32)31-17-15-29(16-18-31)24-4-2-5-24/h1,3,6-10,19,24H,2,4-5,11-18,20H2. The van der Waals surface area contributed by atoms with Crippen molar-refractivity contribution in [2.45, 2.75) is 25.3 Å². The van der Waals surface area contributed by atoms with E-state index in [9.17, 15) is 9.18 Å². The lowest BCUT2D eigenvalue weighted by atomic mass is 9.91. The van der Waals surface area contributed by atoms with Gasteiger partial charge in [-0.15, -0.1) is 0 Å². The van der Waals surface area contributed by atoms with E-state index < -0.39 is 0 Å². The minimum Gasteiger partial charge on any atom is -0.369 e. The fraction of sp³-hybridized carbons (Fsp3) is 0.500. The van der Waals surface area contributed by atoms with E-state index in [1.54, 1.807) is 0 Å². The number of amides is 1. The van der Waals surface area contributed by atoms with E-state index >= 15 is 0 Å². The van der Waals surface area contributed by atoms with Gasteiger partial charge in [-0.25, -0.2) is 4.39 Å². The van der Waals surface area contributed by atoms with Gasteiger partial charge < -0.3 is 9.80 Å². The van der Waals surface area contributed by atoms with Crippen LogP contribution in [0, 0.1) is 5.82 Å². The van der Waals surface area contributed by atoms with Crippen LogP contribution in [0.1, 0.15) is 19.3 Å². The number of benzene rings is 2. The maximum absolute atomic E-state index is 13.2. The zero-order valence-corrected chi connectivity index (χ0v) is 18.8. The molecule has 2 aromatic carbocycles. The van der Waals surface area contributed by atoms with Crippen molar-refractivity contribution in [3.8, 4) is 11.1 Å². The zero-order chi connectivity index (χ0) is 21.9. The topological polar surface area (TPSA) is 30.0 Å². The van der Waals surface area contributed by atoms with Crippen LogP contribution in [0.5, 0.6) is 0 Å². The molecule has 0 atom stereocenters. The first-order chi connectivity index (χ1) is 15.7. The van der Waals surface area contributed by atoms with Crippen molar-refractivity contribution in [3.05, 3.63) is 54.3 Å². The molecule has 2 aromatic rings. The molecule has 0 aromatic heterocycles. The minimum absolute atomic E-state index is 0.212. The van der Waals surface area contributed by atoms with Gasteiger partial charge in [-0.2, -0.15) is 0 Å².